The molecule has 3 aromatic rings. The molecule has 5 rings (SSSR count). The van der Waals surface area contributed by atoms with Gasteiger partial charge < -0.3 is 14.8 Å². The van der Waals surface area contributed by atoms with E-state index in [9.17, 15) is 9.59 Å². The predicted molar refractivity (Wildman–Crippen MR) is 127 cm³/mol. The molecule has 32 heavy (non-hydrogen) atoms. The molecule has 0 radical (unpaired) electrons. The van der Waals surface area contributed by atoms with Gasteiger partial charge in [-0.25, -0.2) is 0 Å². The first kappa shape index (κ1) is 20.8. The zero-order valence-electron chi connectivity index (χ0n) is 18.9. The van der Waals surface area contributed by atoms with Gasteiger partial charge in [0.15, 0.2) is 0 Å². The number of hydrogen-bond donors (Lipinski definition) is 1. The van der Waals surface area contributed by atoms with E-state index in [1.54, 1.807) is 0 Å². The highest BCUT2D eigenvalue weighted by atomic mass is 16.2. The zero-order valence-corrected chi connectivity index (χ0v) is 18.9. The number of nitrogens with zero attached hydrogens (tertiary/aromatic N) is 2. The monoisotopic (exact) mass is 429 g/mol. The minimum absolute atomic E-state index is 0.0403. The highest BCUT2D eigenvalue weighted by molar-refractivity contribution is 6.03. The lowest BCUT2D eigenvalue weighted by molar-refractivity contribution is -0.133. The number of amides is 2. The molecule has 0 saturated heterocycles. The number of hydrogen-bond acceptors (Lipinski definition) is 2. The minimum atomic E-state index is -0.947. The zero-order chi connectivity index (χ0) is 22.3. The Morgan fingerprint density at radius 2 is 1.78 bits per heavy atom. The molecule has 166 valence electrons. The molecule has 0 bridgehead atoms. The summed E-state index contributed by atoms with van der Waals surface area (Å²) in [6.45, 7) is 5.02. The highest BCUT2D eigenvalue weighted by Crippen LogP contribution is 2.34. The van der Waals surface area contributed by atoms with Crippen molar-refractivity contribution in [1.29, 1.82) is 0 Å². The number of carbonyl (C=O) groups excluding carboxylic acids is 2. The summed E-state index contributed by atoms with van der Waals surface area (Å²) in [7, 11) is 0. The predicted octanol–water partition coefficient (Wildman–Crippen LogP) is 4.72. The molecule has 1 aliphatic heterocycles. The lowest BCUT2D eigenvalue weighted by atomic mass is 9.91. The smallest absolute Gasteiger partial charge is 0.271 e. The normalized spacial score (nSPS) is 22.2. The standard InChI is InChI=1S/C27H31N3O2/c1-19(20-10-4-3-5-11-20)17-30-25(31)24-16-21-12-6-9-15-23(21)29(24)18-27(30,2)26(32)28-22-13-7-8-14-22/h3-6,9-12,15-16,19,22H,7-8,13-14,17-18H2,1-2H3,(H,28,32)/t19-,27-/m0/s1. The van der Waals surface area contributed by atoms with Crippen molar-refractivity contribution in [1.82, 2.24) is 14.8 Å². The molecular formula is C27H31N3O2. The first-order chi connectivity index (χ1) is 15.5. The SMILES string of the molecule is C[C@@H](CN1C(=O)c2cc3ccccc3n2C[C@@]1(C)C(=O)NC1CCCC1)c1ccccc1. The Hall–Kier alpha value is -3.08. The van der Waals surface area contributed by atoms with Crippen molar-refractivity contribution >= 4 is 22.7 Å². The molecule has 2 aliphatic rings. The third-order valence-corrected chi connectivity index (χ3v) is 7.34. The third kappa shape index (κ3) is 3.50. The van der Waals surface area contributed by atoms with Gasteiger partial charge in [0.1, 0.15) is 11.2 Å². The van der Waals surface area contributed by atoms with Crippen LogP contribution in [0, 0.1) is 0 Å². The Labute approximate surface area is 189 Å². The molecule has 0 spiro atoms. The molecule has 2 heterocycles. The molecular weight excluding hydrogens is 398 g/mol. The number of benzene rings is 2. The minimum Gasteiger partial charge on any atom is -0.351 e. The summed E-state index contributed by atoms with van der Waals surface area (Å²) in [4.78, 5) is 29.4. The average Bonchev–Trinajstić information content (AvgIpc) is 3.45. The maximum Gasteiger partial charge on any atom is 0.271 e. The maximum absolute atomic E-state index is 13.8. The van der Waals surface area contributed by atoms with E-state index < -0.39 is 5.54 Å². The Kier molecular flexibility index (Phi) is 5.28. The van der Waals surface area contributed by atoms with Gasteiger partial charge in [0.2, 0.25) is 5.91 Å². The van der Waals surface area contributed by atoms with Crippen LogP contribution >= 0.6 is 0 Å². The van der Waals surface area contributed by atoms with Gasteiger partial charge in [-0.1, -0.05) is 68.3 Å². The number of aromatic nitrogens is 1. The van der Waals surface area contributed by atoms with Crippen LogP contribution in [0.1, 0.15) is 61.5 Å². The fourth-order valence-corrected chi connectivity index (χ4v) is 5.36. The molecule has 2 amide bonds. The topological polar surface area (TPSA) is 54.3 Å². The quantitative estimate of drug-likeness (QED) is 0.638. The third-order valence-electron chi connectivity index (χ3n) is 7.34. The number of para-hydroxylation sites is 1. The van der Waals surface area contributed by atoms with Gasteiger partial charge >= 0.3 is 0 Å². The van der Waals surface area contributed by atoms with Crippen LogP contribution in [0.2, 0.25) is 0 Å². The van der Waals surface area contributed by atoms with E-state index in [0.717, 1.165) is 36.6 Å². The summed E-state index contributed by atoms with van der Waals surface area (Å²) in [6.07, 6.45) is 4.35. The molecule has 5 nitrogen and oxygen atoms in total. The van der Waals surface area contributed by atoms with E-state index in [1.807, 2.05) is 64.9 Å². The summed E-state index contributed by atoms with van der Waals surface area (Å²) < 4.78 is 2.04. The Bertz CT molecular complexity index is 1150. The van der Waals surface area contributed by atoms with Crippen molar-refractivity contribution in [3.63, 3.8) is 0 Å². The summed E-state index contributed by atoms with van der Waals surface area (Å²) in [5, 5.41) is 4.31. The maximum atomic E-state index is 13.8. The fourth-order valence-electron chi connectivity index (χ4n) is 5.36. The second-order valence-corrected chi connectivity index (χ2v) is 9.63. The second-order valence-electron chi connectivity index (χ2n) is 9.63. The van der Waals surface area contributed by atoms with E-state index >= 15 is 0 Å². The summed E-state index contributed by atoms with van der Waals surface area (Å²) in [5.74, 6) is 0.00966. The van der Waals surface area contributed by atoms with Crippen LogP contribution in [0.5, 0.6) is 0 Å². The first-order valence-electron chi connectivity index (χ1n) is 11.7. The van der Waals surface area contributed by atoms with Gasteiger partial charge in [-0.05, 0) is 43.4 Å². The van der Waals surface area contributed by atoms with Crippen LogP contribution in [-0.4, -0.2) is 39.4 Å². The fraction of sp³-hybridized carbons (Fsp3) is 0.407. The van der Waals surface area contributed by atoms with E-state index in [0.29, 0.717) is 18.8 Å². The van der Waals surface area contributed by atoms with Gasteiger partial charge in [-0.15, -0.1) is 0 Å². The van der Waals surface area contributed by atoms with Crippen LogP contribution in [0.15, 0.2) is 60.7 Å². The van der Waals surface area contributed by atoms with Crippen molar-refractivity contribution in [3.8, 4) is 0 Å². The van der Waals surface area contributed by atoms with Crippen LogP contribution < -0.4 is 5.32 Å². The largest absolute Gasteiger partial charge is 0.351 e. The van der Waals surface area contributed by atoms with Crippen molar-refractivity contribution < 1.29 is 9.59 Å². The van der Waals surface area contributed by atoms with Crippen molar-refractivity contribution in [2.24, 2.45) is 0 Å². The van der Waals surface area contributed by atoms with Crippen molar-refractivity contribution in [2.45, 2.75) is 63.6 Å². The van der Waals surface area contributed by atoms with E-state index in [4.69, 9.17) is 0 Å². The average molecular weight is 430 g/mol. The van der Waals surface area contributed by atoms with E-state index in [2.05, 4.69) is 24.4 Å². The second kappa shape index (κ2) is 8.12. The number of fused-ring (bicyclic) bond motifs is 3. The summed E-state index contributed by atoms with van der Waals surface area (Å²) in [6, 6.07) is 20.4. The van der Waals surface area contributed by atoms with Crippen LogP contribution in [0.4, 0.5) is 0 Å². The number of rotatable bonds is 5. The van der Waals surface area contributed by atoms with Crippen LogP contribution in [-0.2, 0) is 11.3 Å². The molecule has 2 atom stereocenters. The summed E-state index contributed by atoms with van der Waals surface area (Å²) >= 11 is 0. The van der Waals surface area contributed by atoms with E-state index in [-0.39, 0.29) is 23.8 Å². The Morgan fingerprint density at radius 1 is 1.09 bits per heavy atom. The Balaban J connectivity index is 1.54. The lowest BCUT2D eigenvalue weighted by Crippen LogP contribution is -2.65. The first-order valence-corrected chi connectivity index (χ1v) is 11.7. The van der Waals surface area contributed by atoms with Gasteiger partial charge in [0.25, 0.3) is 5.91 Å². The number of carbonyl (C=O) groups is 2. The van der Waals surface area contributed by atoms with Crippen LogP contribution in [0.25, 0.3) is 10.9 Å². The molecule has 1 aromatic heterocycles. The van der Waals surface area contributed by atoms with Gasteiger partial charge in [-0.2, -0.15) is 0 Å². The molecule has 5 heteroatoms. The van der Waals surface area contributed by atoms with Crippen molar-refractivity contribution in [2.75, 3.05) is 6.54 Å². The van der Waals surface area contributed by atoms with Gasteiger partial charge in [0.05, 0.1) is 6.54 Å². The molecule has 2 aromatic carbocycles. The van der Waals surface area contributed by atoms with Gasteiger partial charge in [0, 0.05) is 23.5 Å². The highest BCUT2D eigenvalue weighted by Gasteiger charge is 2.48. The molecule has 1 N–H and O–H groups in total. The van der Waals surface area contributed by atoms with Crippen LogP contribution in [0.3, 0.4) is 0 Å². The van der Waals surface area contributed by atoms with E-state index in [1.165, 1.54) is 5.56 Å². The Morgan fingerprint density at radius 3 is 2.53 bits per heavy atom. The molecule has 0 unspecified atom stereocenters. The molecule has 1 saturated carbocycles. The van der Waals surface area contributed by atoms with Crippen molar-refractivity contribution in [3.05, 3.63) is 71.9 Å². The summed E-state index contributed by atoms with van der Waals surface area (Å²) in [5.41, 5.74) is 1.89. The lowest BCUT2D eigenvalue weighted by Gasteiger charge is -2.45. The molecule has 1 fully saturated rings. The number of nitrogens with one attached hydrogen (secondary N) is 1. The van der Waals surface area contributed by atoms with Gasteiger partial charge in [-0.3, -0.25) is 9.59 Å². The molecule has 1 aliphatic carbocycles.